The van der Waals surface area contributed by atoms with E-state index in [1.807, 2.05) is 37.3 Å². The zero-order chi connectivity index (χ0) is 13.8. The summed E-state index contributed by atoms with van der Waals surface area (Å²) < 4.78 is 6.14. The van der Waals surface area contributed by atoms with Crippen molar-refractivity contribution in [3.63, 3.8) is 0 Å². The number of rotatable bonds is 4. The van der Waals surface area contributed by atoms with Gasteiger partial charge in [0.1, 0.15) is 5.75 Å². The van der Waals surface area contributed by atoms with Gasteiger partial charge in [-0.15, -0.1) is 0 Å². The molecule has 0 aliphatic rings. The van der Waals surface area contributed by atoms with E-state index in [-0.39, 0.29) is 6.04 Å². The molecule has 1 aromatic carbocycles. The summed E-state index contributed by atoms with van der Waals surface area (Å²) in [5.41, 5.74) is 5.85. The average molecular weight is 322 g/mol. The lowest BCUT2D eigenvalue weighted by Crippen LogP contribution is -2.30. The van der Waals surface area contributed by atoms with Crippen LogP contribution in [-0.2, 0) is 0 Å². The molecule has 4 nitrogen and oxygen atoms in total. The lowest BCUT2D eigenvalue weighted by molar-refractivity contribution is 0.414. The Morgan fingerprint density at radius 2 is 2.16 bits per heavy atom. The summed E-state index contributed by atoms with van der Waals surface area (Å²) in [6, 6.07) is 9.56. The Bertz CT molecular complexity index is 574. The lowest BCUT2D eigenvalue weighted by atomic mass is 9.98. The van der Waals surface area contributed by atoms with Crippen LogP contribution in [0.3, 0.4) is 0 Å². The number of hydrogen-bond acceptors (Lipinski definition) is 4. The van der Waals surface area contributed by atoms with Crippen molar-refractivity contribution in [1.82, 2.24) is 10.4 Å². The highest BCUT2D eigenvalue weighted by Crippen LogP contribution is 2.29. The molecule has 3 N–H and O–H groups in total. The zero-order valence-corrected chi connectivity index (χ0v) is 12.4. The van der Waals surface area contributed by atoms with Crippen LogP contribution in [0.5, 0.6) is 5.75 Å². The van der Waals surface area contributed by atoms with Crippen LogP contribution in [-0.4, -0.2) is 12.1 Å². The average Bonchev–Trinajstić information content (AvgIpc) is 2.43. The number of ether oxygens (including phenoxy) is 1. The number of methoxy groups -OCH3 is 1. The minimum atomic E-state index is -0.165. The van der Waals surface area contributed by atoms with Gasteiger partial charge in [-0.2, -0.15) is 0 Å². The van der Waals surface area contributed by atoms with E-state index in [1.165, 1.54) is 0 Å². The van der Waals surface area contributed by atoms with E-state index in [2.05, 4.69) is 26.3 Å². The largest absolute Gasteiger partial charge is 0.497 e. The van der Waals surface area contributed by atoms with Gasteiger partial charge in [-0.05, 0) is 58.2 Å². The third-order valence-corrected chi connectivity index (χ3v) is 3.69. The first-order chi connectivity index (χ1) is 9.17. The standard InChI is InChI=1S/C14H16BrN3O/c1-9-8-10(19-2)5-6-11(9)13(18-16)14-12(15)4-3-7-17-14/h3-8,13,18H,16H2,1-2H3. The highest BCUT2D eigenvalue weighted by Gasteiger charge is 2.18. The Kier molecular flexibility index (Phi) is 4.52. The molecule has 0 fully saturated rings. The number of aryl methyl sites for hydroxylation is 1. The van der Waals surface area contributed by atoms with Gasteiger partial charge < -0.3 is 4.74 Å². The maximum Gasteiger partial charge on any atom is 0.119 e. The Morgan fingerprint density at radius 1 is 1.37 bits per heavy atom. The third-order valence-electron chi connectivity index (χ3n) is 3.02. The van der Waals surface area contributed by atoms with Crippen molar-refractivity contribution >= 4 is 15.9 Å². The minimum Gasteiger partial charge on any atom is -0.497 e. The molecule has 0 bridgehead atoms. The fraction of sp³-hybridized carbons (Fsp3) is 0.214. The van der Waals surface area contributed by atoms with Gasteiger partial charge in [-0.3, -0.25) is 10.8 Å². The van der Waals surface area contributed by atoms with Crippen LogP contribution in [0.25, 0.3) is 0 Å². The number of aromatic nitrogens is 1. The van der Waals surface area contributed by atoms with Crippen LogP contribution in [0.2, 0.25) is 0 Å². The zero-order valence-electron chi connectivity index (χ0n) is 10.9. The van der Waals surface area contributed by atoms with Crippen LogP contribution in [0.4, 0.5) is 0 Å². The van der Waals surface area contributed by atoms with Gasteiger partial charge in [0.2, 0.25) is 0 Å². The Labute approximate surface area is 121 Å². The molecule has 2 rings (SSSR count). The van der Waals surface area contributed by atoms with Gasteiger partial charge in [0.15, 0.2) is 0 Å². The number of hydrogen-bond donors (Lipinski definition) is 2. The quantitative estimate of drug-likeness (QED) is 0.671. The van der Waals surface area contributed by atoms with Crippen molar-refractivity contribution in [1.29, 1.82) is 0 Å². The molecule has 0 saturated carbocycles. The maximum atomic E-state index is 5.70. The molecule has 0 aliphatic heterocycles. The Balaban J connectivity index is 2.46. The van der Waals surface area contributed by atoms with Crippen molar-refractivity contribution in [3.8, 4) is 5.75 Å². The molecular formula is C14H16BrN3O. The third kappa shape index (κ3) is 2.94. The molecule has 0 saturated heterocycles. The normalized spacial score (nSPS) is 12.2. The fourth-order valence-corrected chi connectivity index (χ4v) is 2.51. The first kappa shape index (κ1) is 14.0. The fourth-order valence-electron chi connectivity index (χ4n) is 2.03. The van der Waals surface area contributed by atoms with E-state index in [0.717, 1.165) is 27.0 Å². The van der Waals surface area contributed by atoms with Crippen molar-refractivity contribution in [3.05, 3.63) is 57.8 Å². The number of nitrogens with one attached hydrogen (secondary N) is 1. The van der Waals surface area contributed by atoms with Gasteiger partial charge >= 0.3 is 0 Å². The molecule has 0 amide bonds. The van der Waals surface area contributed by atoms with E-state index in [9.17, 15) is 0 Å². The summed E-state index contributed by atoms with van der Waals surface area (Å²) >= 11 is 3.50. The van der Waals surface area contributed by atoms with Crippen molar-refractivity contribution in [2.45, 2.75) is 13.0 Å². The number of nitrogens with two attached hydrogens (primary N) is 1. The van der Waals surface area contributed by atoms with Crippen molar-refractivity contribution < 1.29 is 4.74 Å². The molecule has 19 heavy (non-hydrogen) atoms. The molecule has 0 radical (unpaired) electrons. The number of hydrazine groups is 1. The second kappa shape index (κ2) is 6.14. The van der Waals surface area contributed by atoms with Crippen LogP contribution < -0.4 is 16.0 Å². The molecule has 1 aromatic heterocycles. The predicted octanol–water partition coefficient (Wildman–Crippen LogP) is 2.71. The molecular weight excluding hydrogens is 306 g/mol. The SMILES string of the molecule is COc1ccc(C(NN)c2ncccc2Br)c(C)c1. The molecule has 100 valence electrons. The monoisotopic (exact) mass is 321 g/mol. The lowest BCUT2D eigenvalue weighted by Gasteiger charge is -2.19. The first-order valence-electron chi connectivity index (χ1n) is 5.88. The Hall–Kier alpha value is -1.43. The minimum absolute atomic E-state index is 0.165. The van der Waals surface area contributed by atoms with E-state index >= 15 is 0 Å². The number of pyridine rings is 1. The Morgan fingerprint density at radius 3 is 2.74 bits per heavy atom. The second-order valence-corrected chi connectivity index (χ2v) is 5.05. The summed E-state index contributed by atoms with van der Waals surface area (Å²) in [6.45, 7) is 2.03. The summed E-state index contributed by atoms with van der Waals surface area (Å²) in [7, 11) is 1.66. The second-order valence-electron chi connectivity index (χ2n) is 4.19. The van der Waals surface area contributed by atoms with Gasteiger partial charge in [0.05, 0.1) is 18.8 Å². The summed E-state index contributed by atoms with van der Waals surface area (Å²) in [5.74, 6) is 6.53. The molecule has 5 heteroatoms. The van der Waals surface area contributed by atoms with E-state index in [1.54, 1.807) is 13.3 Å². The molecule has 2 aromatic rings. The van der Waals surface area contributed by atoms with E-state index < -0.39 is 0 Å². The number of halogens is 1. The summed E-state index contributed by atoms with van der Waals surface area (Å²) in [6.07, 6.45) is 1.75. The summed E-state index contributed by atoms with van der Waals surface area (Å²) in [4.78, 5) is 4.39. The molecule has 0 aliphatic carbocycles. The first-order valence-corrected chi connectivity index (χ1v) is 6.67. The molecule has 0 spiro atoms. The smallest absolute Gasteiger partial charge is 0.119 e. The predicted molar refractivity (Wildman–Crippen MR) is 78.8 cm³/mol. The van der Waals surface area contributed by atoms with Crippen molar-refractivity contribution in [2.75, 3.05) is 7.11 Å². The van der Waals surface area contributed by atoms with Crippen LogP contribution in [0.1, 0.15) is 22.9 Å². The van der Waals surface area contributed by atoms with Gasteiger partial charge in [-0.1, -0.05) is 6.07 Å². The summed E-state index contributed by atoms with van der Waals surface area (Å²) in [5, 5.41) is 0. The molecule has 1 atom stereocenters. The van der Waals surface area contributed by atoms with Crippen LogP contribution in [0, 0.1) is 6.92 Å². The number of nitrogens with zero attached hydrogens (tertiary/aromatic N) is 1. The van der Waals surface area contributed by atoms with Crippen molar-refractivity contribution in [2.24, 2.45) is 5.84 Å². The van der Waals surface area contributed by atoms with E-state index in [0.29, 0.717) is 0 Å². The van der Waals surface area contributed by atoms with Crippen LogP contribution in [0.15, 0.2) is 41.0 Å². The molecule has 1 heterocycles. The van der Waals surface area contributed by atoms with Gasteiger partial charge in [-0.25, -0.2) is 5.43 Å². The highest BCUT2D eigenvalue weighted by molar-refractivity contribution is 9.10. The van der Waals surface area contributed by atoms with Gasteiger partial charge in [0.25, 0.3) is 0 Å². The van der Waals surface area contributed by atoms with Crippen LogP contribution >= 0.6 is 15.9 Å². The maximum absolute atomic E-state index is 5.70. The molecule has 1 unspecified atom stereocenters. The van der Waals surface area contributed by atoms with E-state index in [4.69, 9.17) is 10.6 Å². The van der Waals surface area contributed by atoms with Gasteiger partial charge in [0, 0.05) is 10.7 Å². The number of benzene rings is 1. The highest BCUT2D eigenvalue weighted by atomic mass is 79.9. The topological polar surface area (TPSA) is 60.2 Å².